The van der Waals surface area contributed by atoms with Crippen LogP contribution in [0.4, 0.5) is 42.5 Å². The van der Waals surface area contributed by atoms with E-state index in [2.05, 4.69) is 10.1 Å². The summed E-state index contributed by atoms with van der Waals surface area (Å²) in [6.45, 7) is 1.58. The van der Waals surface area contributed by atoms with Gasteiger partial charge in [0.25, 0.3) is 10.0 Å². The molecule has 1 atom stereocenters. The molecule has 3 rings (SSSR count). The minimum Gasteiger partial charge on any atom is -0.484 e. The van der Waals surface area contributed by atoms with Crippen LogP contribution in [0.2, 0.25) is 0 Å². The smallest absolute Gasteiger partial charge is 0.457 e. The van der Waals surface area contributed by atoms with Crippen molar-refractivity contribution in [1.82, 2.24) is 5.32 Å². The van der Waals surface area contributed by atoms with Crippen molar-refractivity contribution in [3.05, 3.63) is 48.3 Å². The van der Waals surface area contributed by atoms with Gasteiger partial charge in [0.05, 0.1) is 23.7 Å². The highest BCUT2D eigenvalue weighted by molar-refractivity contribution is 7.92. The number of carbonyl (C=O) groups excluding carboxylic acids is 2. The van der Waals surface area contributed by atoms with Crippen LogP contribution in [-0.2, 0) is 19.6 Å². The summed E-state index contributed by atoms with van der Waals surface area (Å²) in [6.07, 6.45) is -8.54. The van der Waals surface area contributed by atoms with Gasteiger partial charge in [-0.2, -0.15) is 22.0 Å². The minimum atomic E-state index is -6.00. The van der Waals surface area contributed by atoms with Crippen molar-refractivity contribution in [3.63, 3.8) is 0 Å². The Bertz CT molecular complexity index is 1350. The summed E-state index contributed by atoms with van der Waals surface area (Å²) in [5.74, 6) is -6.51. The molecule has 16 heteroatoms. The van der Waals surface area contributed by atoms with E-state index < -0.39 is 51.6 Å². The Morgan fingerprint density at radius 3 is 2.26 bits per heavy atom. The average molecular weight is 584 g/mol. The lowest BCUT2D eigenvalue weighted by molar-refractivity contribution is -0.332. The third kappa shape index (κ3) is 6.32. The summed E-state index contributed by atoms with van der Waals surface area (Å²) in [6, 6.07) is 7.34. The maximum Gasteiger partial charge on any atom is 0.457 e. The molecule has 0 saturated heterocycles. The summed E-state index contributed by atoms with van der Waals surface area (Å²) in [4.78, 5) is 23.3. The Kier molecular flexibility index (Phi) is 8.01. The molecular formula is C23H23F6N3O6S. The number of sulfonamides is 1. The second-order valence-electron chi connectivity index (χ2n) is 8.95. The van der Waals surface area contributed by atoms with Gasteiger partial charge >= 0.3 is 18.2 Å². The van der Waals surface area contributed by atoms with Crippen LogP contribution >= 0.6 is 0 Å². The largest absolute Gasteiger partial charge is 0.484 e. The average Bonchev–Trinajstić information content (AvgIpc) is 2.81. The quantitative estimate of drug-likeness (QED) is 0.466. The van der Waals surface area contributed by atoms with Crippen molar-refractivity contribution in [2.24, 2.45) is 0 Å². The first kappa shape index (κ1) is 29.9. The number of carbonyl (C=O) groups is 2. The lowest BCUT2D eigenvalue weighted by Gasteiger charge is -2.36. The summed E-state index contributed by atoms with van der Waals surface area (Å²) in [7, 11) is -4.37. The van der Waals surface area contributed by atoms with E-state index in [0.29, 0.717) is 13.8 Å². The molecule has 1 heterocycles. The van der Waals surface area contributed by atoms with Crippen molar-refractivity contribution in [2.75, 3.05) is 22.7 Å². The Morgan fingerprint density at radius 1 is 1.08 bits per heavy atom. The Morgan fingerprint density at radius 2 is 1.69 bits per heavy atom. The number of hydrogen-bond donors (Lipinski definition) is 2. The molecule has 214 valence electrons. The van der Waals surface area contributed by atoms with Crippen LogP contribution < -0.4 is 19.7 Å². The van der Waals surface area contributed by atoms with E-state index in [4.69, 9.17) is 4.74 Å². The third-order valence-electron chi connectivity index (χ3n) is 5.58. The molecule has 9 nitrogen and oxygen atoms in total. The summed E-state index contributed by atoms with van der Waals surface area (Å²) < 4.78 is 117. The maximum atomic E-state index is 13.8. The fourth-order valence-electron chi connectivity index (χ4n) is 3.50. The number of rotatable bonds is 7. The van der Waals surface area contributed by atoms with Gasteiger partial charge in [0, 0.05) is 12.6 Å². The number of fused-ring (bicyclic) bond motifs is 1. The molecule has 2 amide bonds. The molecule has 39 heavy (non-hydrogen) atoms. The maximum absolute atomic E-state index is 13.8. The Labute approximate surface area is 219 Å². The number of nitrogens with one attached hydrogen (secondary N) is 2. The number of amides is 2. The van der Waals surface area contributed by atoms with Crippen LogP contribution in [0.1, 0.15) is 20.8 Å². The van der Waals surface area contributed by atoms with Crippen LogP contribution in [0.15, 0.2) is 47.4 Å². The van der Waals surface area contributed by atoms with Crippen molar-refractivity contribution in [2.45, 2.75) is 49.5 Å². The van der Waals surface area contributed by atoms with Gasteiger partial charge in [0.2, 0.25) is 5.91 Å². The monoisotopic (exact) mass is 583 g/mol. The topological polar surface area (TPSA) is 114 Å². The Balaban J connectivity index is 1.93. The lowest BCUT2D eigenvalue weighted by Crippen LogP contribution is -2.56. The number of halogens is 6. The van der Waals surface area contributed by atoms with Crippen LogP contribution in [0.25, 0.3) is 0 Å². The van der Waals surface area contributed by atoms with Gasteiger partial charge in [-0.3, -0.25) is 14.4 Å². The normalized spacial score (nSPS) is 16.1. The molecule has 2 N–H and O–H groups in total. The lowest BCUT2D eigenvalue weighted by atomic mass is 10.00. The van der Waals surface area contributed by atoms with Crippen molar-refractivity contribution >= 4 is 33.4 Å². The van der Waals surface area contributed by atoms with Gasteiger partial charge < -0.3 is 14.8 Å². The number of alkyl halides is 5. The molecule has 1 aliphatic heterocycles. The first-order valence-electron chi connectivity index (χ1n) is 11.1. The van der Waals surface area contributed by atoms with Gasteiger partial charge in [-0.25, -0.2) is 17.6 Å². The summed E-state index contributed by atoms with van der Waals surface area (Å²) in [5.41, 5.74) is -3.66. The first-order chi connectivity index (χ1) is 17.8. The van der Waals surface area contributed by atoms with E-state index in [0.717, 1.165) is 34.6 Å². The van der Waals surface area contributed by atoms with E-state index in [-0.39, 0.29) is 35.1 Å². The highest BCUT2D eigenvalue weighted by atomic mass is 32.2. The van der Waals surface area contributed by atoms with Gasteiger partial charge in [0.1, 0.15) is 17.7 Å². The SMILES string of the molecule is CC(=O)NCC1CN(S(=O)(=O)c2ccc(F)cc2)c2cc(NC(=O)OC(C)(C)C(F)(F)C(F)(F)F)ccc2O1. The fourth-order valence-corrected chi connectivity index (χ4v) is 4.99. The number of hydrogen-bond acceptors (Lipinski definition) is 6. The number of benzene rings is 2. The van der Waals surface area contributed by atoms with Crippen molar-refractivity contribution < 1.29 is 53.8 Å². The number of ether oxygens (including phenoxy) is 2. The fraction of sp³-hybridized carbons (Fsp3) is 0.391. The molecule has 0 fully saturated rings. The second kappa shape index (κ2) is 10.5. The van der Waals surface area contributed by atoms with Gasteiger partial charge in [-0.1, -0.05) is 0 Å². The van der Waals surface area contributed by atoms with Gasteiger partial charge in [-0.15, -0.1) is 0 Å². The van der Waals surface area contributed by atoms with Crippen molar-refractivity contribution in [1.29, 1.82) is 0 Å². The molecule has 1 unspecified atom stereocenters. The molecule has 0 saturated carbocycles. The van der Waals surface area contributed by atoms with Crippen LogP contribution in [0, 0.1) is 5.82 Å². The van der Waals surface area contributed by atoms with E-state index >= 15 is 0 Å². The van der Waals surface area contributed by atoms with E-state index in [9.17, 15) is 44.3 Å². The second-order valence-corrected chi connectivity index (χ2v) is 10.8. The molecule has 2 aromatic carbocycles. The molecule has 0 spiro atoms. The zero-order valence-electron chi connectivity index (χ0n) is 20.6. The van der Waals surface area contributed by atoms with Crippen LogP contribution in [-0.4, -0.2) is 57.3 Å². The minimum absolute atomic E-state index is 0.0230. The number of nitrogens with zero attached hydrogens (tertiary/aromatic N) is 1. The van der Waals surface area contributed by atoms with Crippen LogP contribution in [0.5, 0.6) is 5.75 Å². The van der Waals surface area contributed by atoms with Gasteiger partial charge in [0.15, 0.2) is 5.60 Å². The Hall–Kier alpha value is -3.69. The summed E-state index contributed by atoms with van der Waals surface area (Å²) >= 11 is 0. The van der Waals surface area contributed by atoms with Crippen molar-refractivity contribution in [3.8, 4) is 5.75 Å². The molecule has 1 aliphatic rings. The highest BCUT2D eigenvalue weighted by Gasteiger charge is 2.68. The van der Waals surface area contributed by atoms with Gasteiger partial charge in [-0.05, 0) is 56.3 Å². The van der Waals surface area contributed by atoms with E-state index in [1.165, 1.54) is 19.1 Å². The highest BCUT2D eigenvalue weighted by Crippen LogP contribution is 2.45. The zero-order chi connectivity index (χ0) is 29.4. The third-order valence-corrected chi connectivity index (χ3v) is 7.37. The number of anilines is 2. The standard InChI is InChI=1S/C23H23F6N3O6S/c1-13(33)30-11-16-12-32(39(35,36)17-7-4-14(24)5-8-17)18-10-15(6-9-19(18)37-16)31-20(34)38-21(2,3)22(25,26)23(27,28)29/h4-10,16H,11-12H2,1-3H3,(H,30,33)(H,31,34). The predicted molar refractivity (Wildman–Crippen MR) is 126 cm³/mol. The van der Waals surface area contributed by atoms with E-state index in [1.807, 2.05) is 5.32 Å². The molecule has 0 aliphatic carbocycles. The summed E-state index contributed by atoms with van der Waals surface area (Å²) in [5, 5.41) is 4.49. The van der Waals surface area contributed by atoms with Crippen LogP contribution in [0.3, 0.4) is 0 Å². The molecule has 0 bridgehead atoms. The molecule has 2 aromatic rings. The van der Waals surface area contributed by atoms with E-state index in [1.54, 1.807) is 0 Å². The molecule has 0 aromatic heterocycles. The first-order valence-corrected chi connectivity index (χ1v) is 12.6. The molecule has 0 radical (unpaired) electrons. The molecular weight excluding hydrogens is 560 g/mol. The zero-order valence-corrected chi connectivity index (χ0v) is 21.4. The predicted octanol–water partition coefficient (Wildman–Crippen LogP) is 4.44.